The summed E-state index contributed by atoms with van der Waals surface area (Å²) in [6.07, 6.45) is 2.17. The first-order chi connectivity index (χ1) is 7.15. The summed E-state index contributed by atoms with van der Waals surface area (Å²) in [5.74, 6) is 0.168. The van der Waals surface area contributed by atoms with Crippen LogP contribution in [-0.2, 0) is 9.53 Å². The van der Waals surface area contributed by atoms with E-state index in [1.54, 1.807) is 0 Å². The van der Waals surface area contributed by atoms with Crippen molar-refractivity contribution >= 4 is 5.97 Å². The van der Waals surface area contributed by atoms with Gasteiger partial charge in [-0.05, 0) is 18.8 Å². The molecule has 0 radical (unpaired) electrons. The van der Waals surface area contributed by atoms with Crippen molar-refractivity contribution in [3.63, 3.8) is 0 Å². The zero-order valence-corrected chi connectivity index (χ0v) is 9.17. The molecule has 15 heavy (non-hydrogen) atoms. The number of nitrogens with zero attached hydrogens (tertiary/aromatic N) is 1. The molecule has 0 saturated heterocycles. The number of hydrogen-bond acceptors (Lipinski definition) is 4. The number of ether oxygens (including phenoxy) is 1. The molecule has 4 nitrogen and oxygen atoms in total. The van der Waals surface area contributed by atoms with Crippen molar-refractivity contribution in [2.75, 3.05) is 13.2 Å². The van der Waals surface area contributed by atoms with Crippen molar-refractivity contribution in [3.05, 3.63) is 11.3 Å². The molecule has 1 aliphatic rings. The van der Waals surface area contributed by atoms with Crippen molar-refractivity contribution in [2.24, 2.45) is 5.92 Å². The molecule has 0 amide bonds. The Morgan fingerprint density at radius 2 is 2.33 bits per heavy atom. The molecular formula is C11H16N2O2. The van der Waals surface area contributed by atoms with Gasteiger partial charge < -0.3 is 10.1 Å². The van der Waals surface area contributed by atoms with Crippen LogP contribution in [0.5, 0.6) is 0 Å². The predicted molar refractivity (Wildman–Crippen MR) is 55.7 cm³/mol. The van der Waals surface area contributed by atoms with E-state index in [0.29, 0.717) is 11.6 Å². The van der Waals surface area contributed by atoms with Gasteiger partial charge in [-0.3, -0.25) is 0 Å². The highest BCUT2D eigenvalue weighted by atomic mass is 16.5. The van der Waals surface area contributed by atoms with Crippen LogP contribution in [0, 0.1) is 17.2 Å². The van der Waals surface area contributed by atoms with Gasteiger partial charge in [0.05, 0.1) is 5.70 Å². The lowest BCUT2D eigenvalue weighted by Gasteiger charge is -2.07. The Bertz CT molecular complexity index is 313. The maximum atomic E-state index is 11.0. The Morgan fingerprint density at radius 1 is 1.60 bits per heavy atom. The molecule has 4 heteroatoms. The molecule has 0 bridgehead atoms. The molecular weight excluding hydrogens is 192 g/mol. The molecule has 0 fully saturated rings. The van der Waals surface area contributed by atoms with E-state index in [2.05, 4.69) is 19.2 Å². The molecule has 0 spiro atoms. The number of carbonyl (C=O) groups is 1. The van der Waals surface area contributed by atoms with Crippen LogP contribution < -0.4 is 5.32 Å². The molecule has 0 unspecified atom stereocenters. The van der Waals surface area contributed by atoms with Gasteiger partial charge in [0.15, 0.2) is 5.57 Å². The average Bonchev–Trinajstić information content (AvgIpc) is 2.53. The monoisotopic (exact) mass is 208 g/mol. The maximum Gasteiger partial charge on any atom is 0.351 e. The van der Waals surface area contributed by atoms with Gasteiger partial charge >= 0.3 is 5.97 Å². The van der Waals surface area contributed by atoms with E-state index < -0.39 is 5.97 Å². The quantitative estimate of drug-likeness (QED) is 0.547. The van der Waals surface area contributed by atoms with E-state index in [-0.39, 0.29) is 12.2 Å². The van der Waals surface area contributed by atoms with Crippen molar-refractivity contribution in [3.8, 4) is 6.07 Å². The van der Waals surface area contributed by atoms with E-state index in [4.69, 9.17) is 10.00 Å². The number of rotatable bonds is 5. The standard InChI is InChI=1S/C11H16N2O2/c1-8(2)4-3-5-13-10-7-15-11(14)9(10)6-12/h8,13H,3-5,7H2,1-2H3. The highest BCUT2D eigenvalue weighted by Gasteiger charge is 2.24. The van der Waals surface area contributed by atoms with Crippen LogP contribution in [0.2, 0.25) is 0 Å². The first kappa shape index (κ1) is 11.6. The number of cyclic esters (lactones) is 1. The van der Waals surface area contributed by atoms with Gasteiger partial charge in [0.1, 0.15) is 12.7 Å². The summed E-state index contributed by atoms with van der Waals surface area (Å²) in [5.41, 5.74) is 0.755. The van der Waals surface area contributed by atoms with Crippen LogP contribution in [0.3, 0.4) is 0 Å². The lowest BCUT2D eigenvalue weighted by atomic mass is 10.1. The highest BCUT2D eigenvalue weighted by molar-refractivity contribution is 5.95. The lowest BCUT2D eigenvalue weighted by Crippen LogP contribution is -2.17. The van der Waals surface area contributed by atoms with Crippen LogP contribution in [0.1, 0.15) is 26.7 Å². The fourth-order valence-electron chi connectivity index (χ4n) is 1.41. The van der Waals surface area contributed by atoms with Gasteiger partial charge in [-0.2, -0.15) is 5.26 Å². The van der Waals surface area contributed by atoms with Crippen LogP contribution in [0.15, 0.2) is 11.3 Å². The minimum Gasteiger partial charge on any atom is -0.455 e. The maximum absolute atomic E-state index is 11.0. The van der Waals surface area contributed by atoms with Crippen molar-refractivity contribution in [2.45, 2.75) is 26.7 Å². The Kier molecular flexibility index (Phi) is 4.17. The van der Waals surface area contributed by atoms with Crippen LogP contribution in [0.4, 0.5) is 0 Å². The average molecular weight is 208 g/mol. The summed E-state index contributed by atoms with van der Waals surface area (Å²) in [4.78, 5) is 11.0. The normalized spacial score (nSPS) is 15.5. The second kappa shape index (κ2) is 5.40. The predicted octanol–water partition coefficient (Wildman–Crippen LogP) is 1.35. The van der Waals surface area contributed by atoms with Crippen molar-refractivity contribution in [1.82, 2.24) is 5.32 Å². The van der Waals surface area contributed by atoms with E-state index in [1.807, 2.05) is 6.07 Å². The Hall–Kier alpha value is -1.50. The third-order valence-corrected chi connectivity index (χ3v) is 2.26. The molecule has 0 saturated carbocycles. The minimum absolute atomic E-state index is 0.125. The van der Waals surface area contributed by atoms with Crippen LogP contribution in [0.25, 0.3) is 0 Å². The molecule has 1 N–H and O–H groups in total. The molecule has 82 valence electrons. The molecule has 0 aliphatic carbocycles. The summed E-state index contributed by atoms with van der Waals surface area (Å²) in [6, 6.07) is 1.86. The third-order valence-electron chi connectivity index (χ3n) is 2.26. The van der Waals surface area contributed by atoms with E-state index in [0.717, 1.165) is 19.4 Å². The van der Waals surface area contributed by atoms with E-state index in [1.165, 1.54) is 0 Å². The molecule has 0 aromatic heterocycles. The zero-order chi connectivity index (χ0) is 11.3. The van der Waals surface area contributed by atoms with Crippen LogP contribution in [-0.4, -0.2) is 19.1 Å². The van der Waals surface area contributed by atoms with E-state index in [9.17, 15) is 4.79 Å². The Balaban J connectivity index is 2.36. The van der Waals surface area contributed by atoms with Gasteiger partial charge in [-0.1, -0.05) is 13.8 Å². The molecule has 1 heterocycles. The second-order valence-corrected chi connectivity index (χ2v) is 4.00. The molecule has 1 rings (SSSR count). The summed E-state index contributed by atoms with van der Waals surface area (Å²) >= 11 is 0. The fourth-order valence-corrected chi connectivity index (χ4v) is 1.41. The first-order valence-electron chi connectivity index (χ1n) is 5.19. The van der Waals surface area contributed by atoms with Crippen molar-refractivity contribution < 1.29 is 9.53 Å². The summed E-state index contributed by atoms with van der Waals surface area (Å²) < 4.78 is 4.75. The van der Waals surface area contributed by atoms with Gasteiger partial charge in [-0.25, -0.2) is 4.79 Å². The molecule has 0 atom stereocenters. The number of hydrogen-bond donors (Lipinski definition) is 1. The number of carbonyl (C=O) groups excluding carboxylic acids is 1. The Morgan fingerprint density at radius 3 is 2.93 bits per heavy atom. The van der Waals surface area contributed by atoms with Crippen molar-refractivity contribution in [1.29, 1.82) is 5.26 Å². The smallest absolute Gasteiger partial charge is 0.351 e. The zero-order valence-electron chi connectivity index (χ0n) is 9.17. The lowest BCUT2D eigenvalue weighted by molar-refractivity contribution is -0.135. The van der Waals surface area contributed by atoms with Gasteiger partial charge in [0.2, 0.25) is 0 Å². The van der Waals surface area contributed by atoms with Gasteiger partial charge in [0, 0.05) is 6.54 Å². The number of esters is 1. The number of nitriles is 1. The molecule has 1 aliphatic heterocycles. The van der Waals surface area contributed by atoms with Gasteiger partial charge in [-0.15, -0.1) is 0 Å². The van der Waals surface area contributed by atoms with Gasteiger partial charge in [0.25, 0.3) is 0 Å². The third kappa shape index (κ3) is 3.28. The topological polar surface area (TPSA) is 62.1 Å². The fraction of sp³-hybridized carbons (Fsp3) is 0.636. The largest absolute Gasteiger partial charge is 0.455 e. The number of nitrogens with one attached hydrogen (secondary N) is 1. The summed E-state index contributed by atoms with van der Waals surface area (Å²) in [5, 5.41) is 11.8. The molecule has 0 aromatic rings. The summed E-state index contributed by atoms with van der Waals surface area (Å²) in [6.45, 7) is 5.34. The van der Waals surface area contributed by atoms with Crippen LogP contribution >= 0.6 is 0 Å². The molecule has 0 aromatic carbocycles. The first-order valence-corrected chi connectivity index (χ1v) is 5.19. The minimum atomic E-state index is -0.510. The SMILES string of the molecule is CC(C)CCCNC1=C(C#N)C(=O)OC1. The van der Waals surface area contributed by atoms with E-state index >= 15 is 0 Å². The Labute approximate surface area is 89.9 Å². The summed E-state index contributed by atoms with van der Waals surface area (Å²) in [7, 11) is 0. The highest BCUT2D eigenvalue weighted by Crippen LogP contribution is 2.12. The second-order valence-electron chi connectivity index (χ2n) is 4.00.